The maximum absolute atomic E-state index is 13.5. The smallest absolute Gasteiger partial charge is 0.127 e. The van der Waals surface area contributed by atoms with Crippen LogP contribution in [0.1, 0.15) is 31.7 Å². The molecular weight excluding hydrogens is 245 g/mol. The summed E-state index contributed by atoms with van der Waals surface area (Å²) in [7, 11) is 0. The van der Waals surface area contributed by atoms with E-state index in [4.69, 9.17) is 9.47 Å². The number of hydrogen-bond acceptors (Lipinski definition) is 3. The van der Waals surface area contributed by atoms with E-state index in [1.54, 1.807) is 6.07 Å². The number of halogens is 1. The van der Waals surface area contributed by atoms with Crippen LogP contribution in [0.4, 0.5) is 4.39 Å². The van der Waals surface area contributed by atoms with Gasteiger partial charge in [0.15, 0.2) is 0 Å². The van der Waals surface area contributed by atoms with Gasteiger partial charge in [-0.2, -0.15) is 0 Å². The summed E-state index contributed by atoms with van der Waals surface area (Å²) < 4.78 is 24.3. The van der Waals surface area contributed by atoms with Crippen molar-refractivity contribution in [1.29, 1.82) is 0 Å². The van der Waals surface area contributed by atoms with E-state index in [9.17, 15) is 4.39 Å². The van der Waals surface area contributed by atoms with Crippen molar-refractivity contribution >= 4 is 0 Å². The van der Waals surface area contributed by atoms with Gasteiger partial charge in [-0.1, -0.05) is 6.92 Å². The van der Waals surface area contributed by atoms with Crippen molar-refractivity contribution in [3.63, 3.8) is 0 Å². The van der Waals surface area contributed by atoms with E-state index in [0.29, 0.717) is 31.5 Å². The lowest BCUT2D eigenvalue weighted by atomic mass is 10.2. The Kier molecular flexibility index (Phi) is 5.61. The number of benzene rings is 1. The molecule has 3 nitrogen and oxygen atoms in total. The second kappa shape index (κ2) is 7.46. The minimum atomic E-state index is -0.250. The fourth-order valence-corrected chi connectivity index (χ4v) is 1.82. The maximum atomic E-state index is 13.5. The molecule has 0 bridgehead atoms. The SMILES string of the molecule is CCCOCCOc1cc(F)cc(CNC2CC2)c1. The average Bonchev–Trinajstić information content (AvgIpc) is 3.20. The zero-order valence-electron chi connectivity index (χ0n) is 11.5. The van der Waals surface area contributed by atoms with Crippen LogP contribution in [0.25, 0.3) is 0 Å². The second-order valence-corrected chi connectivity index (χ2v) is 4.91. The van der Waals surface area contributed by atoms with Crippen molar-refractivity contribution in [2.24, 2.45) is 0 Å². The zero-order chi connectivity index (χ0) is 13.5. The minimum Gasteiger partial charge on any atom is -0.491 e. The second-order valence-electron chi connectivity index (χ2n) is 4.91. The van der Waals surface area contributed by atoms with E-state index >= 15 is 0 Å². The van der Waals surface area contributed by atoms with Crippen molar-refractivity contribution in [1.82, 2.24) is 5.32 Å². The summed E-state index contributed by atoms with van der Waals surface area (Å²) in [6.45, 7) is 4.50. The van der Waals surface area contributed by atoms with E-state index in [2.05, 4.69) is 12.2 Å². The summed E-state index contributed by atoms with van der Waals surface area (Å²) in [5.74, 6) is 0.326. The zero-order valence-corrected chi connectivity index (χ0v) is 11.5. The van der Waals surface area contributed by atoms with Gasteiger partial charge >= 0.3 is 0 Å². The van der Waals surface area contributed by atoms with Gasteiger partial charge in [0.2, 0.25) is 0 Å². The fourth-order valence-electron chi connectivity index (χ4n) is 1.82. The quantitative estimate of drug-likeness (QED) is 0.698. The van der Waals surface area contributed by atoms with Crippen LogP contribution in [-0.4, -0.2) is 25.9 Å². The van der Waals surface area contributed by atoms with Crippen LogP contribution in [0.5, 0.6) is 5.75 Å². The first-order chi connectivity index (χ1) is 9.28. The number of hydrogen-bond donors (Lipinski definition) is 1. The standard InChI is InChI=1S/C15H22FNO2/c1-2-5-18-6-7-19-15-9-12(8-13(16)10-15)11-17-14-3-4-14/h8-10,14,17H,2-7,11H2,1H3. The van der Waals surface area contributed by atoms with Gasteiger partial charge in [0, 0.05) is 25.3 Å². The Morgan fingerprint density at radius 3 is 2.79 bits per heavy atom. The van der Waals surface area contributed by atoms with E-state index in [-0.39, 0.29) is 5.82 Å². The molecule has 0 aliphatic heterocycles. The molecule has 1 aromatic carbocycles. The van der Waals surface area contributed by atoms with Gasteiger partial charge in [-0.15, -0.1) is 0 Å². The van der Waals surface area contributed by atoms with Crippen LogP contribution in [0.3, 0.4) is 0 Å². The lowest BCUT2D eigenvalue weighted by molar-refractivity contribution is 0.100. The number of rotatable bonds is 9. The molecule has 0 amide bonds. The third kappa shape index (κ3) is 5.57. The molecule has 1 N–H and O–H groups in total. The molecule has 1 aliphatic carbocycles. The van der Waals surface area contributed by atoms with Gasteiger partial charge in [-0.25, -0.2) is 4.39 Å². The van der Waals surface area contributed by atoms with Crippen molar-refractivity contribution in [2.75, 3.05) is 19.8 Å². The molecule has 0 radical (unpaired) electrons. The summed E-state index contributed by atoms with van der Waals surface area (Å²) in [6.07, 6.45) is 3.46. The van der Waals surface area contributed by atoms with Gasteiger partial charge in [-0.3, -0.25) is 0 Å². The molecule has 2 rings (SSSR count). The number of ether oxygens (including phenoxy) is 2. The normalized spacial score (nSPS) is 14.6. The van der Waals surface area contributed by atoms with Gasteiger partial charge in [0.05, 0.1) is 6.61 Å². The Morgan fingerprint density at radius 2 is 2.05 bits per heavy atom. The molecule has 0 saturated heterocycles. The van der Waals surface area contributed by atoms with E-state index in [1.165, 1.54) is 18.9 Å². The molecule has 0 heterocycles. The molecule has 0 spiro atoms. The molecule has 4 heteroatoms. The molecule has 19 heavy (non-hydrogen) atoms. The Bertz CT molecular complexity index is 394. The highest BCUT2D eigenvalue weighted by Gasteiger charge is 2.20. The first kappa shape index (κ1) is 14.3. The van der Waals surface area contributed by atoms with Crippen LogP contribution in [-0.2, 0) is 11.3 Å². The van der Waals surface area contributed by atoms with Crippen molar-refractivity contribution in [3.8, 4) is 5.75 Å². The maximum Gasteiger partial charge on any atom is 0.127 e. The van der Waals surface area contributed by atoms with Gasteiger partial charge in [0.1, 0.15) is 18.2 Å². The van der Waals surface area contributed by atoms with Crippen LogP contribution >= 0.6 is 0 Å². The fraction of sp³-hybridized carbons (Fsp3) is 0.600. The predicted octanol–water partition coefficient (Wildman–Crippen LogP) is 2.88. The third-order valence-corrected chi connectivity index (χ3v) is 2.95. The molecule has 1 fully saturated rings. The summed E-state index contributed by atoms with van der Waals surface area (Å²) >= 11 is 0. The Labute approximate surface area is 114 Å². The first-order valence-electron chi connectivity index (χ1n) is 7.01. The van der Waals surface area contributed by atoms with Gasteiger partial charge < -0.3 is 14.8 Å². The van der Waals surface area contributed by atoms with Crippen LogP contribution in [0, 0.1) is 5.82 Å². The third-order valence-electron chi connectivity index (χ3n) is 2.95. The largest absolute Gasteiger partial charge is 0.491 e. The van der Waals surface area contributed by atoms with Gasteiger partial charge in [-0.05, 0) is 37.0 Å². The number of nitrogens with one attached hydrogen (secondary N) is 1. The summed E-state index contributed by atoms with van der Waals surface area (Å²) in [4.78, 5) is 0. The average molecular weight is 267 g/mol. The van der Waals surface area contributed by atoms with Crippen LogP contribution < -0.4 is 10.1 Å². The van der Waals surface area contributed by atoms with Crippen LogP contribution in [0.15, 0.2) is 18.2 Å². The topological polar surface area (TPSA) is 30.5 Å². The van der Waals surface area contributed by atoms with E-state index in [0.717, 1.165) is 18.6 Å². The van der Waals surface area contributed by atoms with Crippen molar-refractivity contribution in [3.05, 3.63) is 29.6 Å². The van der Waals surface area contributed by atoms with Crippen molar-refractivity contribution < 1.29 is 13.9 Å². The highest BCUT2D eigenvalue weighted by atomic mass is 19.1. The molecule has 0 unspecified atom stereocenters. The van der Waals surface area contributed by atoms with Crippen LogP contribution in [0.2, 0.25) is 0 Å². The molecule has 0 aromatic heterocycles. The Hall–Kier alpha value is -1.13. The lowest BCUT2D eigenvalue weighted by Crippen LogP contribution is -2.15. The Balaban J connectivity index is 1.77. The summed E-state index contributed by atoms with van der Waals surface area (Å²) in [5, 5.41) is 3.36. The molecule has 1 saturated carbocycles. The summed E-state index contributed by atoms with van der Waals surface area (Å²) in [6, 6.07) is 5.48. The molecular formula is C15H22FNO2. The Morgan fingerprint density at radius 1 is 1.21 bits per heavy atom. The highest BCUT2D eigenvalue weighted by molar-refractivity contribution is 5.29. The van der Waals surface area contributed by atoms with E-state index < -0.39 is 0 Å². The monoisotopic (exact) mass is 267 g/mol. The lowest BCUT2D eigenvalue weighted by Gasteiger charge is -2.09. The molecule has 0 atom stereocenters. The van der Waals surface area contributed by atoms with Gasteiger partial charge in [0.25, 0.3) is 0 Å². The summed E-state index contributed by atoms with van der Waals surface area (Å²) in [5.41, 5.74) is 0.927. The molecule has 106 valence electrons. The highest BCUT2D eigenvalue weighted by Crippen LogP contribution is 2.21. The first-order valence-corrected chi connectivity index (χ1v) is 7.01. The molecule has 1 aromatic rings. The minimum absolute atomic E-state index is 0.250. The van der Waals surface area contributed by atoms with E-state index in [1.807, 2.05) is 6.07 Å². The predicted molar refractivity (Wildman–Crippen MR) is 72.9 cm³/mol. The van der Waals surface area contributed by atoms with Crippen molar-refractivity contribution in [2.45, 2.75) is 38.8 Å². The molecule has 1 aliphatic rings.